The van der Waals surface area contributed by atoms with Crippen LogP contribution in [0.25, 0.3) is 0 Å². The summed E-state index contributed by atoms with van der Waals surface area (Å²) in [4.78, 5) is 16.9. The highest BCUT2D eigenvalue weighted by Crippen LogP contribution is 2.20. The van der Waals surface area contributed by atoms with Crippen molar-refractivity contribution >= 4 is 5.97 Å². The largest absolute Gasteiger partial charge is 0.459 e. The van der Waals surface area contributed by atoms with Crippen LogP contribution in [0.2, 0.25) is 0 Å². The molecule has 0 unspecified atom stereocenters. The van der Waals surface area contributed by atoms with Gasteiger partial charge in [-0.25, -0.2) is 0 Å². The Labute approximate surface area is 118 Å². The predicted octanol–water partition coefficient (Wildman–Crippen LogP) is 2.13. The zero-order valence-corrected chi connectivity index (χ0v) is 13.2. The van der Waals surface area contributed by atoms with Crippen LogP contribution in [-0.2, 0) is 9.53 Å². The van der Waals surface area contributed by atoms with E-state index >= 15 is 0 Å². The average molecular weight is 270 g/mol. The molecule has 0 spiro atoms. The number of hydrogen-bond acceptors (Lipinski definition) is 4. The Morgan fingerprint density at radius 1 is 1.32 bits per heavy atom. The van der Waals surface area contributed by atoms with Crippen molar-refractivity contribution in [1.29, 1.82) is 0 Å². The van der Waals surface area contributed by atoms with Gasteiger partial charge in [-0.05, 0) is 53.2 Å². The lowest BCUT2D eigenvalue weighted by Gasteiger charge is -2.29. The van der Waals surface area contributed by atoms with Crippen molar-refractivity contribution in [2.75, 3.05) is 32.7 Å². The van der Waals surface area contributed by atoms with E-state index in [0.717, 1.165) is 45.6 Å². The molecule has 0 bridgehead atoms. The van der Waals surface area contributed by atoms with E-state index < -0.39 is 0 Å². The van der Waals surface area contributed by atoms with Crippen molar-refractivity contribution in [3.8, 4) is 0 Å². The van der Waals surface area contributed by atoms with E-state index in [1.54, 1.807) is 0 Å². The Bertz CT molecular complexity index is 282. The lowest BCUT2D eigenvalue weighted by molar-refractivity contribution is -0.160. The molecule has 4 nitrogen and oxygen atoms in total. The number of carbonyl (C=O) groups excluding carboxylic acids is 1. The third-order valence-corrected chi connectivity index (χ3v) is 3.64. The van der Waals surface area contributed by atoms with Crippen molar-refractivity contribution in [2.24, 2.45) is 0 Å². The molecule has 1 saturated heterocycles. The first-order chi connectivity index (χ1) is 8.87. The van der Waals surface area contributed by atoms with Crippen molar-refractivity contribution < 1.29 is 9.53 Å². The maximum absolute atomic E-state index is 12.2. The second kappa shape index (κ2) is 7.25. The third kappa shape index (κ3) is 5.49. The van der Waals surface area contributed by atoms with E-state index in [2.05, 4.69) is 23.6 Å². The summed E-state index contributed by atoms with van der Waals surface area (Å²) in [6, 6.07) is -0.0326. The molecule has 0 aromatic heterocycles. The number of likely N-dealkylation sites (N-methyl/N-ethyl adjacent to an activating group) is 1. The summed E-state index contributed by atoms with van der Waals surface area (Å²) in [7, 11) is 0. The molecule has 0 saturated carbocycles. The van der Waals surface area contributed by atoms with Crippen LogP contribution in [0.5, 0.6) is 0 Å². The standard InChI is InChI=1S/C15H30N2O2/c1-6-16(7-2)11-12-17-10-8-9-13(17)14(18)19-15(3,4)5/h13H,6-12H2,1-5H3/t13-/m1/s1. The van der Waals surface area contributed by atoms with Gasteiger partial charge >= 0.3 is 5.97 Å². The van der Waals surface area contributed by atoms with Crippen LogP contribution < -0.4 is 0 Å². The van der Waals surface area contributed by atoms with Crippen molar-refractivity contribution in [3.63, 3.8) is 0 Å². The number of nitrogens with zero attached hydrogens (tertiary/aromatic N) is 2. The Hall–Kier alpha value is -0.610. The molecule has 1 aliphatic heterocycles. The molecule has 0 aromatic rings. The molecule has 0 amide bonds. The average Bonchev–Trinajstić information content (AvgIpc) is 2.76. The molecule has 0 aromatic carbocycles. The summed E-state index contributed by atoms with van der Waals surface area (Å²) in [6.45, 7) is 15.3. The second-order valence-electron chi connectivity index (χ2n) is 6.25. The Morgan fingerprint density at radius 3 is 2.47 bits per heavy atom. The van der Waals surface area contributed by atoms with E-state index in [9.17, 15) is 4.79 Å². The summed E-state index contributed by atoms with van der Waals surface area (Å²) in [5.74, 6) is -0.0513. The normalized spacial score (nSPS) is 21.1. The summed E-state index contributed by atoms with van der Waals surface area (Å²) in [5.41, 5.74) is -0.385. The Kier molecular flexibility index (Phi) is 6.27. The van der Waals surface area contributed by atoms with Gasteiger partial charge in [-0.3, -0.25) is 9.69 Å². The Morgan fingerprint density at radius 2 is 1.95 bits per heavy atom. The minimum Gasteiger partial charge on any atom is -0.459 e. The Balaban J connectivity index is 2.47. The van der Waals surface area contributed by atoms with E-state index in [-0.39, 0.29) is 17.6 Å². The molecule has 4 heteroatoms. The van der Waals surface area contributed by atoms with E-state index in [0.29, 0.717) is 0 Å². The lowest BCUT2D eigenvalue weighted by Crippen LogP contribution is -2.43. The number of rotatable bonds is 6. The van der Waals surface area contributed by atoms with Crippen LogP contribution in [0.4, 0.5) is 0 Å². The topological polar surface area (TPSA) is 32.8 Å². The first-order valence-electron chi connectivity index (χ1n) is 7.56. The molecule has 19 heavy (non-hydrogen) atoms. The van der Waals surface area contributed by atoms with Gasteiger partial charge in [0.05, 0.1) is 0 Å². The molecule has 0 radical (unpaired) electrons. The lowest BCUT2D eigenvalue weighted by atomic mass is 10.1. The van der Waals surface area contributed by atoms with Crippen LogP contribution in [0.15, 0.2) is 0 Å². The van der Waals surface area contributed by atoms with E-state index in [1.807, 2.05) is 20.8 Å². The molecule has 1 aliphatic rings. The van der Waals surface area contributed by atoms with E-state index in [1.165, 1.54) is 0 Å². The molecule has 1 atom stereocenters. The number of hydrogen-bond donors (Lipinski definition) is 0. The molecule has 0 N–H and O–H groups in total. The quantitative estimate of drug-likeness (QED) is 0.692. The van der Waals surface area contributed by atoms with Crippen molar-refractivity contribution in [2.45, 2.75) is 59.1 Å². The molecular formula is C15H30N2O2. The van der Waals surface area contributed by atoms with Gasteiger partial charge in [-0.2, -0.15) is 0 Å². The summed E-state index contributed by atoms with van der Waals surface area (Å²) in [5, 5.41) is 0. The molecule has 112 valence electrons. The van der Waals surface area contributed by atoms with Crippen molar-refractivity contribution in [3.05, 3.63) is 0 Å². The smallest absolute Gasteiger partial charge is 0.323 e. The maximum Gasteiger partial charge on any atom is 0.323 e. The third-order valence-electron chi connectivity index (χ3n) is 3.64. The van der Waals surface area contributed by atoms with Gasteiger partial charge in [-0.15, -0.1) is 0 Å². The maximum atomic E-state index is 12.2. The second-order valence-corrected chi connectivity index (χ2v) is 6.25. The fourth-order valence-corrected chi connectivity index (χ4v) is 2.54. The predicted molar refractivity (Wildman–Crippen MR) is 78.2 cm³/mol. The highest BCUT2D eigenvalue weighted by Gasteiger charge is 2.33. The van der Waals surface area contributed by atoms with Crippen LogP contribution in [0.1, 0.15) is 47.5 Å². The molecular weight excluding hydrogens is 240 g/mol. The van der Waals surface area contributed by atoms with Crippen LogP contribution in [0.3, 0.4) is 0 Å². The number of ether oxygens (including phenoxy) is 1. The van der Waals surface area contributed by atoms with Gasteiger partial charge < -0.3 is 9.64 Å². The minimum absolute atomic E-state index is 0.0326. The fourth-order valence-electron chi connectivity index (χ4n) is 2.54. The van der Waals surface area contributed by atoms with Crippen LogP contribution in [-0.4, -0.2) is 60.1 Å². The van der Waals surface area contributed by atoms with Crippen LogP contribution >= 0.6 is 0 Å². The summed E-state index contributed by atoms with van der Waals surface area (Å²) in [6.07, 6.45) is 2.04. The first-order valence-corrected chi connectivity index (χ1v) is 7.56. The van der Waals surface area contributed by atoms with Gasteiger partial charge in [-0.1, -0.05) is 13.8 Å². The molecule has 0 aliphatic carbocycles. The zero-order valence-electron chi connectivity index (χ0n) is 13.2. The SMILES string of the molecule is CCN(CC)CCN1CCC[C@@H]1C(=O)OC(C)(C)C. The van der Waals surface area contributed by atoms with Gasteiger partial charge in [0.25, 0.3) is 0 Å². The van der Waals surface area contributed by atoms with Crippen molar-refractivity contribution in [1.82, 2.24) is 9.80 Å². The van der Waals surface area contributed by atoms with Gasteiger partial charge in [0, 0.05) is 13.1 Å². The van der Waals surface area contributed by atoms with Crippen LogP contribution in [0, 0.1) is 0 Å². The number of likely N-dealkylation sites (tertiary alicyclic amines) is 1. The monoisotopic (exact) mass is 270 g/mol. The highest BCUT2D eigenvalue weighted by molar-refractivity contribution is 5.76. The molecule has 1 heterocycles. The first kappa shape index (κ1) is 16.4. The number of esters is 1. The fraction of sp³-hybridized carbons (Fsp3) is 0.933. The van der Waals surface area contributed by atoms with Gasteiger partial charge in [0.1, 0.15) is 11.6 Å². The zero-order chi connectivity index (χ0) is 14.5. The van der Waals surface area contributed by atoms with Gasteiger partial charge in [0.15, 0.2) is 0 Å². The van der Waals surface area contributed by atoms with Gasteiger partial charge in [0.2, 0.25) is 0 Å². The van der Waals surface area contributed by atoms with E-state index in [4.69, 9.17) is 4.74 Å². The molecule has 1 rings (SSSR count). The summed E-state index contributed by atoms with van der Waals surface area (Å²) >= 11 is 0. The highest BCUT2D eigenvalue weighted by atomic mass is 16.6. The minimum atomic E-state index is -0.385. The molecule has 1 fully saturated rings. The summed E-state index contributed by atoms with van der Waals surface area (Å²) < 4.78 is 5.52. The number of carbonyl (C=O) groups is 1.